The van der Waals surface area contributed by atoms with Gasteiger partial charge in [-0.1, -0.05) is 6.07 Å². The van der Waals surface area contributed by atoms with Crippen molar-refractivity contribution < 1.29 is 9.53 Å². The highest BCUT2D eigenvalue weighted by Crippen LogP contribution is 2.24. The fourth-order valence-electron chi connectivity index (χ4n) is 2.89. The van der Waals surface area contributed by atoms with Gasteiger partial charge in [0.25, 0.3) is 5.91 Å². The molecule has 3 heterocycles. The third-order valence-electron chi connectivity index (χ3n) is 4.20. The standard InChI is InChI=1S/C18H20N6O2/c1-19-16-10-15-22-12-5-4-6-13(9-12)26-8-3-2-7-20-18(25)14-11-21-24(16)17(14)23-15/h4-6,9-11,19H,2-3,7-8H2,1H3,(H,20,25)(H,22,23). The van der Waals surface area contributed by atoms with E-state index in [1.807, 2.05) is 30.3 Å². The second kappa shape index (κ2) is 6.91. The molecule has 0 saturated heterocycles. The number of nitrogens with zero attached hydrogens (tertiary/aromatic N) is 3. The Kier molecular flexibility index (Phi) is 4.30. The van der Waals surface area contributed by atoms with Crippen molar-refractivity contribution in [1.82, 2.24) is 19.9 Å². The number of aromatic nitrogens is 3. The Labute approximate surface area is 150 Å². The minimum absolute atomic E-state index is 0.178. The van der Waals surface area contributed by atoms with Crippen LogP contribution in [0.5, 0.6) is 5.75 Å². The zero-order valence-corrected chi connectivity index (χ0v) is 14.5. The first kappa shape index (κ1) is 16.2. The van der Waals surface area contributed by atoms with Crippen molar-refractivity contribution >= 4 is 28.9 Å². The first-order valence-electron chi connectivity index (χ1n) is 8.59. The first-order valence-corrected chi connectivity index (χ1v) is 8.59. The highest BCUT2D eigenvalue weighted by Gasteiger charge is 2.17. The monoisotopic (exact) mass is 352 g/mol. The molecule has 4 rings (SSSR count). The number of hydrogen-bond donors (Lipinski definition) is 3. The van der Waals surface area contributed by atoms with Crippen LogP contribution in [0.15, 0.2) is 36.5 Å². The molecule has 0 fully saturated rings. The topological polar surface area (TPSA) is 92.6 Å². The van der Waals surface area contributed by atoms with E-state index in [1.54, 1.807) is 17.8 Å². The van der Waals surface area contributed by atoms with Gasteiger partial charge in [-0.15, -0.1) is 0 Å². The summed E-state index contributed by atoms with van der Waals surface area (Å²) in [4.78, 5) is 17.1. The average Bonchev–Trinajstić information content (AvgIpc) is 3.07. The maximum atomic E-state index is 12.5. The number of hydrogen-bond acceptors (Lipinski definition) is 6. The molecule has 3 aromatic rings. The predicted molar refractivity (Wildman–Crippen MR) is 99.3 cm³/mol. The summed E-state index contributed by atoms with van der Waals surface area (Å²) in [5, 5.41) is 13.6. The molecule has 8 nitrogen and oxygen atoms in total. The normalized spacial score (nSPS) is 14.7. The van der Waals surface area contributed by atoms with E-state index < -0.39 is 0 Å². The molecule has 4 bridgehead atoms. The Morgan fingerprint density at radius 3 is 3.08 bits per heavy atom. The molecule has 0 spiro atoms. The van der Waals surface area contributed by atoms with Gasteiger partial charge in [-0.2, -0.15) is 9.61 Å². The number of benzene rings is 1. The fourth-order valence-corrected chi connectivity index (χ4v) is 2.89. The minimum Gasteiger partial charge on any atom is -0.494 e. The minimum atomic E-state index is -0.178. The Balaban J connectivity index is 1.81. The van der Waals surface area contributed by atoms with Crippen LogP contribution in [0.4, 0.5) is 17.3 Å². The number of fused-ring (bicyclic) bond motifs is 3. The molecule has 0 aliphatic carbocycles. The van der Waals surface area contributed by atoms with Crippen LogP contribution >= 0.6 is 0 Å². The third-order valence-corrected chi connectivity index (χ3v) is 4.20. The number of rotatable bonds is 1. The summed E-state index contributed by atoms with van der Waals surface area (Å²) in [7, 11) is 1.80. The van der Waals surface area contributed by atoms with Gasteiger partial charge in [0, 0.05) is 31.4 Å². The SMILES string of the molecule is CNc1cc2nc3c(cnn13)C(=O)NCCCCOc1cccc(c1)N2. The molecule has 0 saturated carbocycles. The lowest BCUT2D eigenvalue weighted by Crippen LogP contribution is -2.24. The maximum absolute atomic E-state index is 12.5. The van der Waals surface area contributed by atoms with E-state index >= 15 is 0 Å². The van der Waals surface area contributed by atoms with E-state index in [9.17, 15) is 4.79 Å². The van der Waals surface area contributed by atoms with Gasteiger partial charge in [0.05, 0.1) is 12.8 Å². The molecular weight excluding hydrogens is 332 g/mol. The van der Waals surface area contributed by atoms with E-state index in [2.05, 4.69) is 26.0 Å². The van der Waals surface area contributed by atoms with Crippen LogP contribution in [-0.2, 0) is 0 Å². The van der Waals surface area contributed by atoms with Crippen LogP contribution in [0.3, 0.4) is 0 Å². The summed E-state index contributed by atoms with van der Waals surface area (Å²) in [6.07, 6.45) is 3.24. The zero-order valence-electron chi connectivity index (χ0n) is 14.5. The van der Waals surface area contributed by atoms with E-state index in [4.69, 9.17) is 4.74 Å². The van der Waals surface area contributed by atoms with Crippen molar-refractivity contribution in [3.05, 3.63) is 42.1 Å². The van der Waals surface area contributed by atoms with E-state index in [0.717, 1.165) is 30.1 Å². The number of anilines is 3. The van der Waals surface area contributed by atoms with Gasteiger partial charge in [-0.05, 0) is 25.0 Å². The van der Waals surface area contributed by atoms with Crippen molar-refractivity contribution in [2.24, 2.45) is 0 Å². The van der Waals surface area contributed by atoms with Gasteiger partial charge in [-0.3, -0.25) is 4.79 Å². The van der Waals surface area contributed by atoms with E-state index in [0.29, 0.717) is 30.2 Å². The molecule has 0 radical (unpaired) electrons. The molecule has 0 atom stereocenters. The zero-order chi connectivity index (χ0) is 17.9. The summed E-state index contributed by atoms with van der Waals surface area (Å²) >= 11 is 0. The van der Waals surface area contributed by atoms with Crippen molar-refractivity contribution in [3.63, 3.8) is 0 Å². The second-order valence-electron chi connectivity index (χ2n) is 6.03. The Morgan fingerprint density at radius 2 is 2.19 bits per heavy atom. The average molecular weight is 352 g/mol. The smallest absolute Gasteiger partial charge is 0.256 e. The molecule has 1 aliphatic heterocycles. The first-order chi connectivity index (χ1) is 12.7. The molecule has 8 heteroatoms. The molecule has 1 aliphatic rings. The summed E-state index contributed by atoms with van der Waals surface area (Å²) < 4.78 is 7.41. The van der Waals surface area contributed by atoms with Crippen LogP contribution in [0.1, 0.15) is 23.2 Å². The third kappa shape index (κ3) is 3.13. The van der Waals surface area contributed by atoms with Crippen LogP contribution in [0, 0.1) is 0 Å². The second-order valence-corrected chi connectivity index (χ2v) is 6.03. The number of carbonyl (C=O) groups is 1. The lowest BCUT2D eigenvalue weighted by molar-refractivity contribution is 0.0954. The summed E-state index contributed by atoms with van der Waals surface area (Å²) in [6, 6.07) is 9.58. The maximum Gasteiger partial charge on any atom is 0.256 e. The van der Waals surface area contributed by atoms with Gasteiger partial charge >= 0.3 is 0 Å². The van der Waals surface area contributed by atoms with Crippen molar-refractivity contribution in [2.45, 2.75) is 12.8 Å². The molecule has 0 unspecified atom stereocenters. The predicted octanol–water partition coefficient (Wildman–Crippen LogP) is 2.42. The van der Waals surface area contributed by atoms with Crippen LogP contribution in [0.25, 0.3) is 5.65 Å². The molecule has 26 heavy (non-hydrogen) atoms. The highest BCUT2D eigenvalue weighted by molar-refractivity contribution is 6.00. The number of nitrogens with one attached hydrogen (secondary N) is 3. The summed E-state index contributed by atoms with van der Waals surface area (Å²) in [6.45, 7) is 1.18. The van der Waals surface area contributed by atoms with E-state index in [-0.39, 0.29) is 5.91 Å². The van der Waals surface area contributed by atoms with Crippen LogP contribution in [-0.4, -0.2) is 40.7 Å². The molecule has 3 N–H and O–H groups in total. The van der Waals surface area contributed by atoms with Gasteiger partial charge < -0.3 is 20.7 Å². The largest absolute Gasteiger partial charge is 0.494 e. The van der Waals surface area contributed by atoms with Gasteiger partial charge in [0.2, 0.25) is 0 Å². The van der Waals surface area contributed by atoms with Gasteiger partial charge in [-0.25, -0.2) is 4.98 Å². The molecule has 2 aromatic heterocycles. The number of amides is 1. The Hall–Kier alpha value is -3.29. The van der Waals surface area contributed by atoms with Crippen molar-refractivity contribution in [2.75, 3.05) is 30.8 Å². The quantitative estimate of drug-likeness (QED) is 0.623. The Bertz CT molecular complexity index is 952. The molecule has 134 valence electrons. The summed E-state index contributed by atoms with van der Waals surface area (Å²) in [5.74, 6) is 1.97. The van der Waals surface area contributed by atoms with E-state index in [1.165, 1.54) is 0 Å². The lowest BCUT2D eigenvalue weighted by atomic mass is 10.3. The molecule has 1 aromatic carbocycles. The van der Waals surface area contributed by atoms with Crippen molar-refractivity contribution in [3.8, 4) is 5.75 Å². The fraction of sp³-hybridized carbons (Fsp3) is 0.278. The van der Waals surface area contributed by atoms with Crippen LogP contribution in [0.2, 0.25) is 0 Å². The van der Waals surface area contributed by atoms with Gasteiger partial charge in [0.1, 0.15) is 22.9 Å². The Morgan fingerprint density at radius 1 is 1.27 bits per heavy atom. The van der Waals surface area contributed by atoms with Crippen molar-refractivity contribution in [1.29, 1.82) is 0 Å². The lowest BCUT2D eigenvalue weighted by Gasteiger charge is -2.11. The number of ether oxygens (including phenoxy) is 1. The van der Waals surface area contributed by atoms with Crippen LogP contribution < -0.4 is 20.7 Å². The molecular formula is C18H20N6O2. The summed E-state index contributed by atoms with van der Waals surface area (Å²) in [5.41, 5.74) is 1.81. The van der Waals surface area contributed by atoms with Gasteiger partial charge in [0.15, 0.2) is 5.65 Å². The molecule has 1 amide bonds. The number of carbonyl (C=O) groups excluding carboxylic acids is 1. The highest BCUT2D eigenvalue weighted by atomic mass is 16.5.